The zero-order chi connectivity index (χ0) is 45.2. The van der Waals surface area contributed by atoms with E-state index in [1.54, 1.807) is 59.3 Å². The highest BCUT2D eigenvalue weighted by molar-refractivity contribution is 5.86. The standard InChI is InChI=1S/C49H63N3O11/c1-30(62-45(56)52-49-23-34-21-47(4,27-49)26-48(5,22-34)28-49)61-43(54)46(2,3)29-50-24-31-9-13-36(14-10-31)51-44(55)63-39-16-12-33(20-41(39)59-8)18-37-35(25-60-42(37)53)17-32-11-15-38(57-6)40(19-32)58-7/h9-16,19-20,30,34-35,37,50H,17-18,21-29H2,1-8H3,(H,51,55)(H,52,56)/t30?,34?,35-,37+,47?,48?,49?/m0/s1. The Labute approximate surface area is 370 Å². The van der Waals surface area contributed by atoms with E-state index < -0.39 is 29.9 Å². The Morgan fingerprint density at radius 1 is 0.762 bits per heavy atom. The summed E-state index contributed by atoms with van der Waals surface area (Å²) >= 11 is 0. The Hall–Kier alpha value is -5.50. The van der Waals surface area contributed by atoms with Gasteiger partial charge in [-0.2, -0.15) is 0 Å². The van der Waals surface area contributed by atoms with Crippen LogP contribution in [0, 0.1) is 34.0 Å². The highest BCUT2D eigenvalue weighted by Crippen LogP contribution is 2.66. The predicted molar refractivity (Wildman–Crippen MR) is 235 cm³/mol. The number of alkyl carbamates (subject to hydrolysis) is 1. The molecule has 5 aliphatic rings. The van der Waals surface area contributed by atoms with Gasteiger partial charge in [-0.15, -0.1) is 0 Å². The maximum Gasteiger partial charge on any atom is 0.417 e. The van der Waals surface area contributed by atoms with Crippen molar-refractivity contribution < 1.29 is 52.3 Å². The molecular weight excluding hydrogens is 807 g/mol. The molecule has 0 spiro atoms. The van der Waals surface area contributed by atoms with Gasteiger partial charge in [0.05, 0.1) is 39.3 Å². The zero-order valence-corrected chi connectivity index (χ0v) is 37.9. The summed E-state index contributed by atoms with van der Waals surface area (Å²) in [4.78, 5) is 52.0. The number of carbonyl (C=O) groups excluding carboxylic acids is 4. The summed E-state index contributed by atoms with van der Waals surface area (Å²) in [7, 11) is 4.67. The van der Waals surface area contributed by atoms with Crippen LogP contribution in [0.5, 0.6) is 23.0 Å². The third kappa shape index (κ3) is 10.8. The quantitative estimate of drug-likeness (QED) is 0.0877. The first-order valence-corrected chi connectivity index (χ1v) is 21.9. The minimum absolute atomic E-state index is 0.0407. The van der Waals surface area contributed by atoms with E-state index in [0.717, 1.165) is 36.0 Å². The van der Waals surface area contributed by atoms with Crippen molar-refractivity contribution in [1.82, 2.24) is 10.6 Å². The van der Waals surface area contributed by atoms with Crippen LogP contribution >= 0.6 is 0 Å². The number of carbonyl (C=O) groups is 4. The third-order valence-corrected chi connectivity index (χ3v) is 13.3. The largest absolute Gasteiger partial charge is 0.493 e. The minimum Gasteiger partial charge on any atom is -0.493 e. The van der Waals surface area contributed by atoms with E-state index >= 15 is 0 Å². The average Bonchev–Trinajstić information content (AvgIpc) is 3.54. The monoisotopic (exact) mass is 869 g/mol. The molecule has 4 bridgehead atoms. The van der Waals surface area contributed by atoms with Gasteiger partial charge >= 0.3 is 24.1 Å². The molecule has 0 radical (unpaired) electrons. The number of hydrogen-bond acceptors (Lipinski definition) is 12. The van der Waals surface area contributed by atoms with Crippen LogP contribution in [0.2, 0.25) is 0 Å². The summed E-state index contributed by atoms with van der Waals surface area (Å²) < 4.78 is 38.6. The van der Waals surface area contributed by atoms with Gasteiger partial charge < -0.3 is 43.8 Å². The lowest BCUT2D eigenvalue weighted by Crippen LogP contribution is -2.65. The second-order valence-electron chi connectivity index (χ2n) is 19.7. The molecule has 14 heteroatoms. The molecule has 1 saturated heterocycles. The highest BCUT2D eigenvalue weighted by Gasteiger charge is 2.60. The first kappa shape index (κ1) is 45.5. The summed E-state index contributed by atoms with van der Waals surface area (Å²) in [5.41, 5.74) is 2.62. The van der Waals surface area contributed by atoms with Crippen molar-refractivity contribution in [3.63, 3.8) is 0 Å². The molecule has 4 saturated carbocycles. The molecular formula is C49H63N3O11. The van der Waals surface area contributed by atoms with Gasteiger partial charge in [0.1, 0.15) is 0 Å². The fourth-order valence-corrected chi connectivity index (χ4v) is 11.4. The smallest absolute Gasteiger partial charge is 0.417 e. The molecule has 3 aromatic carbocycles. The molecule has 3 aromatic rings. The van der Waals surface area contributed by atoms with Crippen LogP contribution in [0.3, 0.4) is 0 Å². The van der Waals surface area contributed by atoms with Crippen molar-refractivity contribution in [2.45, 2.75) is 104 Å². The number of benzene rings is 3. The number of nitrogens with one attached hydrogen (secondary N) is 3. The van der Waals surface area contributed by atoms with Crippen LogP contribution in [-0.4, -0.2) is 70.4 Å². The van der Waals surface area contributed by atoms with Gasteiger partial charge in [0.2, 0.25) is 6.29 Å². The Kier molecular flexibility index (Phi) is 13.2. The molecule has 3 N–H and O–H groups in total. The van der Waals surface area contributed by atoms with E-state index in [0.29, 0.717) is 61.4 Å². The summed E-state index contributed by atoms with van der Waals surface area (Å²) in [6.07, 6.45) is 5.33. The molecule has 3 unspecified atom stereocenters. The summed E-state index contributed by atoms with van der Waals surface area (Å²) in [6, 6.07) is 18.2. The van der Waals surface area contributed by atoms with Crippen molar-refractivity contribution in [2.75, 3.05) is 39.8 Å². The molecule has 0 aromatic heterocycles. The molecule has 1 heterocycles. The normalized spacial score (nSPS) is 26.3. The van der Waals surface area contributed by atoms with Crippen molar-refractivity contribution in [1.29, 1.82) is 0 Å². The molecule has 340 valence electrons. The Morgan fingerprint density at radius 2 is 1.37 bits per heavy atom. The number of rotatable bonds is 17. The fourth-order valence-electron chi connectivity index (χ4n) is 11.4. The number of anilines is 1. The summed E-state index contributed by atoms with van der Waals surface area (Å²) in [5.74, 6) is 1.32. The highest BCUT2D eigenvalue weighted by atomic mass is 16.7. The molecule has 63 heavy (non-hydrogen) atoms. The number of amides is 2. The van der Waals surface area contributed by atoms with Gasteiger partial charge in [-0.1, -0.05) is 38.1 Å². The maximum atomic E-state index is 13.2. The summed E-state index contributed by atoms with van der Waals surface area (Å²) in [5, 5.41) is 9.25. The van der Waals surface area contributed by atoms with Crippen molar-refractivity contribution in [3.05, 3.63) is 77.4 Å². The topological polar surface area (TPSA) is 169 Å². The molecule has 2 amide bonds. The molecule has 5 atom stereocenters. The van der Waals surface area contributed by atoms with Gasteiger partial charge in [-0.05, 0) is 135 Å². The van der Waals surface area contributed by atoms with E-state index in [-0.39, 0.29) is 39.9 Å². The van der Waals surface area contributed by atoms with Gasteiger partial charge in [-0.3, -0.25) is 14.9 Å². The SMILES string of the molecule is COc1ccc(C[C@H]2COC(=O)[C@@H]2Cc2ccc(OC(=O)Nc3ccc(CNCC(C)(C)C(=O)OC(C)OC(=O)NC45CC6CC(C)(CC(C)(C6)C4)C5)cc3)c(OC)c2)cc1OC. The van der Waals surface area contributed by atoms with E-state index in [2.05, 4.69) is 29.8 Å². The number of ether oxygens (including phenoxy) is 7. The van der Waals surface area contributed by atoms with E-state index in [1.165, 1.54) is 26.4 Å². The van der Waals surface area contributed by atoms with E-state index in [4.69, 9.17) is 33.2 Å². The second kappa shape index (κ2) is 18.3. The van der Waals surface area contributed by atoms with Crippen LogP contribution < -0.4 is 34.9 Å². The molecule has 4 aliphatic carbocycles. The number of esters is 2. The van der Waals surface area contributed by atoms with Gasteiger partial charge in [-0.25, -0.2) is 9.59 Å². The fraction of sp³-hybridized carbons (Fsp3) is 0.551. The van der Waals surface area contributed by atoms with Crippen molar-refractivity contribution in [3.8, 4) is 23.0 Å². The Morgan fingerprint density at radius 3 is 2.00 bits per heavy atom. The van der Waals surface area contributed by atoms with Crippen LogP contribution in [0.4, 0.5) is 15.3 Å². The second-order valence-corrected chi connectivity index (χ2v) is 19.7. The lowest BCUT2D eigenvalue weighted by molar-refractivity contribution is -0.176. The number of cyclic esters (lactones) is 1. The molecule has 14 nitrogen and oxygen atoms in total. The first-order valence-electron chi connectivity index (χ1n) is 21.9. The Balaban J connectivity index is 0.839. The van der Waals surface area contributed by atoms with Crippen LogP contribution in [0.15, 0.2) is 60.7 Å². The van der Waals surface area contributed by atoms with Gasteiger partial charge in [0.15, 0.2) is 23.0 Å². The summed E-state index contributed by atoms with van der Waals surface area (Å²) in [6.45, 7) is 10.9. The number of hydrogen-bond donors (Lipinski definition) is 3. The number of methoxy groups -OCH3 is 3. The van der Waals surface area contributed by atoms with E-state index in [9.17, 15) is 19.2 Å². The van der Waals surface area contributed by atoms with Crippen LogP contribution in [0.1, 0.15) is 89.8 Å². The first-order chi connectivity index (χ1) is 29.9. The lowest BCUT2D eigenvalue weighted by atomic mass is 9.43. The molecule has 5 fully saturated rings. The molecule has 1 aliphatic heterocycles. The van der Waals surface area contributed by atoms with Crippen molar-refractivity contribution >= 4 is 29.8 Å². The minimum atomic E-state index is -1.04. The van der Waals surface area contributed by atoms with E-state index in [1.807, 2.05) is 36.4 Å². The predicted octanol–water partition coefficient (Wildman–Crippen LogP) is 8.38. The van der Waals surface area contributed by atoms with Crippen LogP contribution in [-0.2, 0) is 43.2 Å². The van der Waals surface area contributed by atoms with Gasteiger partial charge in [0, 0.05) is 37.2 Å². The molecule has 8 rings (SSSR count). The maximum absolute atomic E-state index is 13.2. The lowest BCUT2D eigenvalue weighted by Gasteiger charge is -2.65. The van der Waals surface area contributed by atoms with Crippen LogP contribution in [0.25, 0.3) is 0 Å². The Bertz CT molecular complexity index is 2160. The average molecular weight is 870 g/mol. The van der Waals surface area contributed by atoms with Crippen molar-refractivity contribution in [2.24, 2.45) is 34.0 Å². The zero-order valence-electron chi connectivity index (χ0n) is 37.9. The third-order valence-electron chi connectivity index (χ3n) is 13.3. The van der Waals surface area contributed by atoms with Gasteiger partial charge in [0.25, 0.3) is 0 Å².